The minimum absolute atomic E-state index is 0.00776. The van der Waals surface area contributed by atoms with E-state index in [1.807, 2.05) is 0 Å². The number of halogens is 4. The van der Waals surface area contributed by atoms with Crippen molar-refractivity contribution in [3.63, 3.8) is 0 Å². The second-order valence-electron chi connectivity index (χ2n) is 9.73. The van der Waals surface area contributed by atoms with Gasteiger partial charge in [-0.25, -0.2) is 8.78 Å². The first kappa shape index (κ1) is 23.9. The molecule has 33 heavy (non-hydrogen) atoms. The summed E-state index contributed by atoms with van der Waals surface area (Å²) in [6.07, 6.45) is 2.50. The highest BCUT2D eigenvalue weighted by Gasteiger charge is 2.62. The maximum atomic E-state index is 15.4. The molecule has 1 aliphatic heterocycles. The maximum Gasteiger partial charge on any atom is 0.321 e. The molecule has 1 heterocycles. The van der Waals surface area contributed by atoms with E-state index >= 15 is 8.78 Å². The minimum Gasteiger partial charge on any atom is -0.480 e. The van der Waals surface area contributed by atoms with E-state index in [4.69, 9.17) is 23.2 Å². The standard InChI is InChI=1S/C25H24Cl2F2N2O2/c1-24(2,13-6-7-13)11-19-25(12-30,16-9-8-14(26)10-18(16)28)20(22(31-19)23(32)33)15-4-3-5-17(27)21(15)29/h3-5,8-10,13,19-20,22,31H,6-7,11H2,1-2H3,(H,32,33)/t19?,20-,22+,25-/m0/s1. The molecule has 4 atom stereocenters. The summed E-state index contributed by atoms with van der Waals surface area (Å²) in [6, 6.07) is 8.39. The van der Waals surface area contributed by atoms with Crippen molar-refractivity contribution in [1.82, 2.24) is 5.32 Å². The summed E-state index contributed by atoms with van der Waals surface area (Å²) >= 11 is 12.0. The lowest BCUT2D eigenvalue weighted by Gasteiger charge is -2.38. The fraction of sp³-hybridized carbons (Fsp3) is 0.440. The third-order valence-corrected chi connectivity index (χ3v) is 7.84. The molecule has 1 aliphatic carbocycles. The number of carbonyl (C=O) groups is 1. The van der Waals surface area contributed by atoms with E-state index in [1.54, 1.807) is 0 Å². The van der Waals surface area contributed by atoms with Crippen LogP contribution in [-0.2, 0) is 10.2 Å². The van der Waals surface area contributed by atoms with Crippen molar-refractivity contribution in [2.24, 2.45) is 11.3 Å². The molecule has 0 amide bonds. The highest BCUT2D eigenvalue weighted by Crippen LogP contribution is 2.55. The predicted molar refractivity (Wildman–Crippen MR) is 122 cm³/mol. The summed E-state index contributed by atoms with van der Waals surface area (Å²) in [5.74, 6) is -3.60. The molecular weight excluding hydrogens is 469 g/mol. The first-order chi connectivity index (χ1) is 15.5. The van der Waals surface area contributed by atoms with Gasteiger partial charge in [0.2, 0.25) is 0 Å². The number of hydrogen-bond acceptors (Lipinski definition) is 3. The highest BCUT2D eigenvalue weighted by atomic mass is 35.5. The van der Waals surface area contributed by atoms with Gasteiger partial charge in [0.15, 0.2) is 0 Å². The van der Waals surface area contributed by atoms with Gasteiger partial charge in [0.05, 0.1) is 11.1 Å². The Hall–Kier alpha value is -2.20. The van der Waals surface area contributed by atoms with Crippen molar-refractivity contribution in [2.45, 2.75) is 56.5 Å². The van der Waals surface area contributed by atoms with Crippen LogP contribution in [0, 0.1) is 34.3 Å². The molecule has 0 spiro atoms. The molecule has 8 heteroatoms. The lowest BCUT2D eigenvalue weighted by atomic mass is 9.62. The third kappa shape index (κ3) is 4.01. The van der Waals surface area contributed by atoms with E-state index in [2.05, 4.69) is 25.2 Å². The average Bonchev–Trinajstić information content (AvgIpc) is 3.55. The van der Waals surface area contributed by atoms with Crippen molar-refractivity contribution in [1.29, 1.82) is 5.26 Å². The average molecular weight is 493 g/mol. The normalized spacial score (nSPS) is 27.4. The molecule has 4 rings (SSSR count). The predicted octanol–water partition coefficient (Wildman–Crippen LogP) is 6.07. The fourth-order valence-corrected chi connectivity index (χ4v) is 5.83. The molecular formula is C25H24Cl2F2N2O2. The Bertz CT molecular complexity index is 1150. The van der Waals surface area contributed by atoms with Crippen LogP contribution in [-0.4, -0.2) is 23.2 Å². The van der Waals surface area contributed by atoms with Gasteiger partial charge >= 0.3 is 5.97 Å². The molecule has 174 valence electrons. The lowest BCUT2D eigenvalue weighted by molar-refractivity contribution is -0.139. The first-order valence-electron chi connectivity index (χ1n) is 10.8. The van der Waals surface area contributed by atoms with Crippen molar-refractivity contribution < 1.29 is 18.7 Å². The van der Waals surface area contributed by atoms with Crippen LogP contribution in [0.15, 0.2) is 36.4 Å². The molecule has 2 aromatic rings. The molecule has 2 aromatic carbocycles. The van der Waals surface area contributed by atoms with Crippen LogP contribution in [0.1, 0.15) is 50.2 Å². The quantitative estimate of drug-likeness (QED) is 0.513. The zero-order valence-electron chi connectivity index (χ0n) is 18.2. The van der Waals surface area contributed by atoms with E-state index in [1.165, 1.54) is 30.3 Å². The highest BCUT2D eigenvalue weighted by molar-refractivity contribution is 6.31. The van der Waals surface area contributed by atoms with Gasteiger partial charge in [0.25, 0.3) is 0 Å². The Kier molecular flexibility index (Phi) is 6.20. The summed E-state index contributed by atoms with van der Waals surface area (Å²) in [4.78, 5) is 12.4. The number of carboxylic acids is 1. The van der Waals surface area contributed by atoms with Crippen LogP contribution < -0.4 is 5.32 Å². The second-order valence-corrected chi connectivity index (χ2v) is 10.6. The van der Waals surface area contributed by atoms with E-state index < -0.39 is 41.0 Å². The number of carboxylic acid groups (broad SMARTS) is 1. The fourth-order valence-electron chi connectivity index (χ4n) is 5.49. The molecule has 0 radical (unpaired) electrons. The number of nitriles is 1. The van der Waals surface area contributed by atoms with Crippen LogP contribution in [0.25, 0.3) is 0 Å². The first-order valence-corrected chi connectivity index (χ1v) is 11.6. The number of aliphatic carboxylic acids is 1. The van der Waals surface area contributed by atoms with Gasteiger partial charge in [-0.2, -0.15) is 5.26 Å². The molecule has 2 N–H and O–H groups in total. The van der Waals surface area contributed by atoms with Gasteiger partial charge in [-0.15, -0.1) is 0 Å². The monoisotopic (exact) mass is 492 g/mol. The molecule has 4 nitrogen and oxygen atoms in total. The SMILES string of the molecule is CC(C)(CC1N[C@@H](C(=O)O)[C@H](c2cccc(Cl)c2F)[C@@]1(C#N)c1ccc(Cl)cc1F)C1CC1. The summed E-state index contributed by atoms with van der Waals surface area (Å²) in [5, 5.41) is 23.8. The smallest absolute Gasteiger partial charge is 0.321 e. The van der Waals surface area contributed by atoms with Crippen molar-refractivity contribution >= 4 is 29.2 Å². The summed E-state index contributed by atoms with van der Waals surface area (Å²) in [5.41, 5.74) is -1.99. The van der Waals surface area contributed by atoms with Crippen molar-refractivity contribution in [2.75, 3.05) is 0 Å². The topological polar surface area (TPSA) is 73.1 Å². The van der Waals surface area contributed by atoms with E-state index in [0.29, 0.717) is 12.3 Å². The van der Waals surface area contributed by atoms with E-state index in [0.717, 1.165) is 18.9 Å². The molecule has 2 fully saturated rings. The number of nitrogens with zero attached hydrogens (tertiary/aromatic N) is 1. The zero-order valence-corrected chi connectivity index (χ0v) is 19.7. The molecule has 1 saturated carbocycles. The van der Waals surface area contributed by atoms with Crippen LogP contribution in [0.3, 0.4) is 0 Å². The lowest BCUT2D eigenvalue weighted by Crippen LogP contribution is -2.45. The van der Waals surface area contributed by atoms with Gasteiger partial charge in [-0.1, -0.05) is 55.2 Å². The molecule has 0 bridgehead atoms. The number of hydrogen-bond donors (Lipinski definition) is 2. The van der Waals surface area contributed by atoms with Crippen LogP contribution in [0.4, 0.5) is 8.78 Å². The summed E-state index contributed by atoms with van der Waals surface area (Å²) in [7, 11) is 0. The van der Waals surface area contributed by atoms with Crippen molar-refractivity contribution in [3.8, 4) is 6.07 Å². The van der Waals surface area contributed by atoms with E-state index in [9.17, 15) is 15.2 Å². The maximum absolute atomic E-state index is 15.4. The zero-order chi connectivity index (χ0) is 24.1. The van der Waals surface area contributed by atoms with Gasteiger partial charge in [-0.3, -0.25) is 10.1 Å². The molecule has 1 saturated heterocycles. The van der Waals surface area contributed by atoms with Crippen LogP contribution >= 0.6 is 23.2 Å². The Morgan fingerprint density at radius 3 is 2.55 bits per heavy atom. The van der Waals surface area contributed by atoms with Gasteiger partial charge < -0.3 is 5.11 Å². The number of nitrogens with one attached hydrogen (secondary N) is 1. The van der Waals surface area contributed by atoms with E-state index in [-0.39, 0.29) is 26.6 Å². The number of benzene rings is 2. The largest absolute Gasteiger partial charge is 0.480 e. The summed E-state index contributed by atoms with van der Waals surface area (Å²) in [6.45, 7) is 4.13. The van der Waals surface area contributed by atoms with Crippen LogP contribution in [0.2, 0.25) is 10.0 Å². The van der Waals surface area contributed by atoms with Crippen LogP contribution in [0.5, 0.6) is 0 Å². The Morgan fingerprint density at radius 1 is 1.27 bits per heavy atom. The van der Waals surface area contributed by atoms with Crippen molar-refractivity contribution in [3.05, 3.63) is 69.2 Å². The summed E-state index contributed by atoms with van der Waals surface area (Å²) < 4.78 is 30.7. The van der Waals surface area contributed by atoms with Gasteiger partial charge in [-0.05, 0) is 54.4 Å². The molecule has 0 aromatic heterocycles. The van der Waals surface area contributed by atoms with Gasteiger partial charge in [0.1, 0.15) is 23.1 Å². The molecule has 2 aliphatic rings. The number of rotatable bonds is 6. The Labute approximate surface area is 201 Å². The Morgan fingerprint density at radius 2 is 1.97 bits per heavy atom. The molecule has 1 unspecified atom stereocenters. The minimum atomic E-state index is -1.71. The third-order valence-electron chi connectivity index (χ3n) is 7.31. The second kappa shape index (κ2) is 8.54. The Balaban J connectivity index is 1.99. The van der Waals surface area contributed by atoms with Gasteiger partial charge in [0, 0.05) is 22.5 Å².